The molecule has 0 amide bonds. The Hall–Kier alpha value is -0.870. The van der Waals surface area contributed by atoms with Gasteiger partial charge in [-0.2, -0.15) is 0 Å². The molecule has 0 spiro atoms. The minimum atomic E-state index is 0.393. The molecule has 1 fully saturated rings. The van der Waals surface area contributed by atoms with Crippen LogP contribution in [0.4, 0.5) is 0 Å². The van der Waals surface area contributed by atoms with Gasteiger partial charge in [-0.25, -0.2) is 4.98 Å². The van der Waals surface area contributed by atoms with Crippen molar-refractivity contribution in [2.24, 2.45) is 11.7 Å². The fourth-order valence-electron chi connectivity index (χ4n) is 2.46. The Morgan fingerprint density at radius 2 is 2.47 bits per heavy atom. The van der Waals surface area contributed by atoms with E-state index in [9.17, 15) is 0 Å². The smallest absolute Gasteiger partial charge is 0.193 e. The second kappa shape index (κ2) is 3.61. The van der Waals surface area contributed by atoms with Crippen LogP contribution >= 0.6 is 11.3 Å². The van der Waals surface area contributed by atoms with Gasteiger partial charge in [0.05, 0.1) is 5.69 Å². The SMILES string of the molecule is NC1CCCC1Cc1cn2ccsc2n1. The maximum Gasteiger partial charge on any atom is 0.193 e. The van der Waals surface area contributed by atoms with Gasteiger partial charge in [-0.15, -0.1) is 11.3 Å². The Bertz CT molecular complexity index is 431. The summed E-state index contributed by atoms with van der Waals surface area (Å²) in [4.78, 5) is 5.69. The van der Waals surface area contributed by atoms with E-state index >= 15 is 0 Å². The van der Waals surface area contributed by atoms with Gasteiger partial charge in [0.15, 0.2) is 4.96 Å². The van der Waals surface area contributed by atoms with Gasteiger partial charge in [0.2, 0.25) is 0 Å². The first-order valence-corrected chi connectivity index (χ1v) is 6.37. The second-order valence-electron chi connectivity index (χ2n) is 4.38. The minimum absolute atomic E-state index is 0.393. The van der Waals surface area contributed by atoms with Gasteiger partial charge < -0.3 is 5.73 Å². The molecule has 2 heterocycles. The molecule has 2 aromatic heterocycles. The summed E-state index contributed by atoms with van der Waals surface area (Å²) in [7, 11) is 0. The molecule has 3 rings (SSSR count). The van der Waals surface area contributed by atoms with Gasteiger partial charge in [0.1, 0.15) is 0 Å². The van der Waals surface area contributed by atoms with Crippen LogP contribution in [0, 0.1) is 5.92 Å². The molecule has 1 aliphatic carbocycles. The van der Waals surface area contributed by atoms with Crippen molar-refractivity contribution in [1.29, 1.82) is 0 Å². The number of rotatable bonds is 2. The predicted octanol–water partition coefficient (Wildman–Crippen LogP) is 2.07. The van der Waals surface area contributed by atoms with E-state index in [-0.39, 0.29) is 0 Å². The maximum atomic E-state index is 6.06. The highest BCUT2D eigenvalue weighted by Crippen LogP contribution is 2.27. The van der Waals surface area contributed by atoms with Gasteiger partial charge in [0, 0.05) is 23.8 Å². The van der Waals surface area contributed by atoms with Crippen LogP contribution in [-0.2, 0) is 6.42 Å². The standard InChI is InChI=1S/C11H15N3S/c12-10-3-1-2-8(10)6-9-7-14-4-5-15-11(14)13-9/h4-5,7-8,10H,1-3,6,12H2. The number of nitrogens with zero attached hydrogens (tertiary/aromatic N) is 2. The zero-order valence-corrected chi connectivity index (χ0v) is 9.41. The van der Waals surface area contributed by atoms with Gasteiger partial charge in [-0.1, -0.05) is 6.42 Å². The molecule has 4 heteroatoms. The number of fused-ring (bicyclic) bond motifs is 1. The monoisotopic (exact) mass is 221 g/mol. The Morgan fingerprint density at radius 3 is 3.20 bits per heavy atom. The quantitative estimate of drug-likeness (QED) is 0.843. The molecule has 1 saturated carbocycles. The lowest BCUT2D eigenvalue weighted by Gasteiger charge is -2.12. The van der Waals surface area contributed by atoms with E-state index in [4.69, 9.17) is 5.73 Å². The normalized spacial score (nSPS) is 26.5. The molecule has 0 radical (unpaired) electrons. The summed E-state index contributed by atoms with van der Waals surface area (Å²) in [5.41, 5.74) is 7.26. The molecular formula is C11H15N3S. The number of hydrogen-bond acceptors (Lipinski definition) is 3. The topological polar surface area (TPSA) is 43.3 Å². The number of thiazole rings is 1. The van der Waals surface area contributed by atoms with E-state index in [1.807, 2.05) is 0 Å². The van der Waals surface area contributed by atoms with Gasteiger partial charge in [-0.3, -0.25) is 4.40 Å². The third kappa shape index (κ3) is 1.68. The van der Waals surface area contributed by atoms with Crippen molar-refractivity contribution in [3.8, 4) is 0 Å². The zero-order valence-electron chi connectivity index (χ0n) is 8.60. The van der Waals surface area contributed by atoms with Crippen molar-refractivity contribution >= 4 is 16.3 Å². The number of imidazole rings is 1. The number of nitrogens with two attached hydrogens (primary N) is 1. The van der Waals surface area contributed by atoms with Gasteiger partial charge in [0.25, 0.3) is 0 Å². The number of aromatic nitrogens is 2. The van der Waals surface area contributed by atoms with Gasteiger partial charge in [-0.05, 0) is 25.2 Å². The molecule has 0 bridgehead atoms. The van der Waals surface area contributed by atoms with Crippen LogP contribution in [-0.4, -0.2) is 15.4 Å². The first kappa shape index (κ1) is 9.36. The Labute approximate surface area is 92.9 Å². The largest absolute Gasteiger partial charge is 0.327 e. The second-order valence-corrected chi connectivity index (χ2v) is 5.26. The summed E-state index contributed by atoms with van der Waals surface area (Å²) in [5.74, 6) is 0.648. The lowest BCUT2D eigenvalue weighted by molar-refractivity contribution is 0.475. The van der Waals surface area contributed by atoms with Crippen LogP contribution < -0.4 is 5.73 Å². The molecule has 2 atom stereocenters. The molecule has 2 unspecified atom stereocenters. The van der Waals surface area contributed by atoms with Crippen molar-refractivity contribution < 1.29 is 0 Å². The molecule has 0 aliphatic heterocycles. The molecule has 15 heavy (non-hydrogen) atoms. The van der Waals surface area contributed by atoms with Crippen LogP contribution in [0.5, 0.6) is 0 Å². The summed E-state index contributed by atoms with van der Waals surface area (Å²) in [6.45, 7) is 0. The molecule has 3 nitrogen and oxygen atoms in total. The van der Waals surface area contributed by atoms with Crippen molar-refractivity contribution in [2.45, 2.75) is 31.7 Å². The average Bonchev–Trinajstić information content (AvgIpc) is 2.83. The molecule has 2 aromatic rings. The van der Waals surface area contributed by atoms with E-state index < -0.39 is 0 Å². The lowest BCUT2D eigenvalue weighted by Crippen LogP contribution is -2.25. The van der Waals surface area contributed by atoms with Crippen LogP contribution in [0.2, 0.25) is 0 Å². The van der Waals surface area contributed by atoms with E-state index in [0.717, 1.165) is 11.4 Å². The van der Waals surface area contributed by atoms with Crippen molar-refractivity contribution in [3.05, 3.63) is 23.5 Å². The van der Waals surface area contributed by atoms with Crippen molar-refractivity contribution in [2.75, 3.05) is 0 Å². The number of hydrogen-bond donors (Lipinski definition) is 1. The predicted molar refractivity (Wildman–Crippen MR) is 62.1 cm³/mol. The Kier molecular flexibility index (Phi) is 2.25. The van der Waals surface area contributed by atoms with Crippen LogP contribution in [0.15, 0.2) is 17.8 Å². The third-order valence-electron chi connectivity index (χ3n) is 3.33. The van der Waals surface area contributed by atoms with Crippen LogP contribution in [0.3, 0.4) is 0 Å². The maximum absolute atomic E-state index is 6.06. The van der Waals surface area contributed by atoms with E-state index in [0.29, 0.717) is 12.0 Å². The van der Waals surface area contributed by atoms with E-state index in [2.05, 4.69) is 27.2 Å². The molecule has 0 saturated heterocycles. The highest BCUT2D eigenvalue weighted by molar-refractivity contribution is 7.15. The first-order chi connectivity index (χ1) is 7.33. The first-order valence-electron chi connectivity index (χ1n) is 5.49. The van der Waals surface area contributed by atoms with E-state index in [1.165, 1.54) is 25.0 Å². The van der Waals surface area contributed by atoms with Crippen LogP contribution in [0.1, 0.15) is 25.0 Å². The fraction of sp³-hybridized carbons (Fsp3) is 0.545. The third-order valence-corrected chi connectivity index (χ3v) is 4.10. The highest BCUT2D eigenvalue weighted by Gasteiger charge is 2.24. The average molecular weight is 221 g/mol. The zero-order chi connectivity index (χ0) is 10.3. The molecule has 2 N–H and O–H groups in total. The summed E-state index contributed by atoms with van der Waals surface area (Å²) < 4.78 is 2.10. The summed E-state index contributed by atoms with van der Waals surface area (Å²) >= 11 is 1.69. The van der Waals surface area contributed by atoms with E-state index in [1.54, 1.807) is 11.3 Å². The highest BCUT2D eigenvalue weighted by atomic mass is 32.1. The lowest BCUT2D eigenvalue weighted by atomic mass is 9.99. The molecular weight excluding hydrogens is 206 g/mol. The summed E-state index contributed by atoms with van der Waals surface area (Å²) in [6, 6.07) is 0.393. The summed E-state index contributed by atoms with van der Waals surface area (Å²) in [6.07, 6.45) is 8.99. The Morgan fingerprint density at radius 1 is 1.53 bits per heavy atom. The minimum Gasteiger partial charge on any atom is -0.327 e. The Balaban J connectivity index is 1.80. The molecule has 1 aliphatic rings. The van der Waals surface area contributed by atoms with Crippen molar-refractivity contribution in [1.82, 2.24) is 9.38 Å². The van der Waals surface area contributed by atoms with Crippen LogP contribution in [0.25, 0.3) is 4.96 Å². The fourth-order valence-corrected chi connectivity index (χ4v) is 3.18. The van der Waals surface area contributed by atoms with Gasteiger partial charge >= 0.3 is 0 Å². The summed E-state index contributed by atoms with van der Waals surface area (Å²) in [5, 5.41) is 2.06. The molecule has 80 valence electrons. The molecule has 0 aromatic carbocycles. The van der Waals surface area contributed by atoms with Crippen molar-refractivity contribution in [3.63, 3.8) is 0 Å².